The molecule has 0 radical (unpaired) electrons. The number of allylic oxidation sites excluding steroid dienone is 2. The fourth-order valence-electron chi connectivity index (χ4n) is 3.72. The zero-order chi connectivity index (χ0) is 24.3. The number of pyridine rings is 1. The molecule has 0 unspecified atom stereocenters. The number of esters is 1. The van der Waals surface area contributed by atoms with Gasteiger partial charge in [-0.15, -0.1) is 0 Å². The van der Waals surface area contributed by atoms with Gasteiger partial charge in [0.25, 0.3) is 0 Å². The minimum atomic E-state index is -0.216. The van der Waals surface area contributed by atoms with E-state index < -0.39 is 0 Å². The zero-order valence-electron chi connectivity index (χ0n) is 21.3. The van der Waals surface area contributed by atoms with E-state index in [1.807, 2.05) is 12.1 Å². The molecule has 1 heterocycles. The van der Waals surface area contributed by atoms with E-state index in [1.54, 1.807) is 6.20 Å². The van der Waals surface area contributed by atoms with E-state index in [-0.39, 0.29) is 5.97 Å². The first-order valence-electron chi connectivity index (χ1n) is 13.2. The Morgan fingerprint density at radius 2 is 1.62 bits per heavy atom. The van der Waals surface area contributed by atoms with Crippen LogP contribution in [-0.2, 0) is 16.0 Å². The van der Waals surface area contributed by atoms with Crippen molar-refractivity contribution in [3.8, 4) is 17.0 Å². The molecule has 0 spiro atoms. The molecule has 0 amide bonds. The van der Waals surface area contributed by atoms with Crippen LogP contribution in [-0.4, -0.2) is 24.2 Å². The van der Waals surface area contributed by atoms with Crippen LogP contribution in [0.2, 0.25) is 0 Å². The van der Waals surface area contributed by atoms with Crippen LogP contribution in [0, 0.1) is 0 Å². The Morgan fingerprint density at radius 3 is 2.35 bits per heavy atom. The highest BCUT2D eigenvalue weighted by atomic mass is 16.5. The summed E-state index contributed by atoms with van der Waals surface area (Å²) in [6, 6.07) is 12.3. The third kappa shape index (κ3) is 12.1. The number of aromatic nitrogens is 1. The number of hydrogen-bond acceptors (Lipinski definition) is 4. The van der Waals surface area contributed by atoms with E-state index >= 15 is 0 Å². The molecule has 1 aromatic heterocycles. The predicted octanol–water partition coefficient (Wildman–Crippen LogP) is 8.10. The zero-order valence-corrected chi connectivity index (χ0v) is 21.3. The second-order valence-corrected chi connectivity index (χ2v) is 8.83. The van der Waals surface area contributed by atoms with Gasteiger partial charge >= 0.3 is 5.97 Å². The van der Waals surface area contributed by atoms with Gasteiger partial charge in [-0.1, -0.05) is 75.9 Å². The standard InChI is InChI=1S/C30H43NO3/c1-3-5-6-7-8-9-10-13-16-30(32)34-28-21-22-29(31-25-28)27-19-17-26(18-20-27)15-12-11-14-24-33-23-4-2/h9-10,17-22,25H,3-8,11-16,23-24H2,1-2H3. The van der Waals surface area contributed by atoms with Crippen LogP contribution in [0.15, 0.2) is 54.7 Å². The van der Waals surface area contributed by atoms with Gasteiger partial charge in [0, 0.05) is 25.2 Å². The van der Waals surface area contributed by atoms with Gasteiger partial charge in [0.05, 0.1) is 11.9 Å². The van der Waals surface area contributed by atoms with Gasteiger partial charge in [-0.3, -0.25) is 9.78 Å². The SMILES string of the molecule is CCCCCCC=CCCC(=O)Oc1ccc(-c2ccc(CCCCCOCCC)cc2)nc1. The molecule has 186 valence electrons. The first kappa shape index (κ1) is 27.8. The highest BCUT2D eigenvalue weighted by Crippen LogP contribution is 2.21. The van der Waals surface area contributed by atoms with Crippen molar-refractivity contribution in [2.75, 3.05) is 13.2 Å². The third-order valence-corrected chi connectivity index (χ3v) is 5.73. The van der Waals surface area contributed by atoms with E-state index in [4.69, 9.17) is 9.47 Å². The van der Waals surface area contributed by atoms with E-state index in [2.05, 4.69) is 55.2 Å². The minimum Gasteiger partial charge on any atom is -0.425 e. The number of carbonyl (C=O) groups is 1. The molecule has 0 aliphatic heterocycles. The number of aryl methyl sites for hydroxylation is 1. The van der Waals surface area contributed by atoms with Crippen molar-refractivity contribution in [2.24, 2.45) is 0 Å². The summed E-state index contributed by atoms with van der Waals surface area (Å²) in [5.74, 6) is 0.281. The van der Waals surface area contributed by atoms with Crippen LogP contribution in [0.5, 0.6) is 5.75 Å². The van der Waals surface area contributed by atoms with E-state index in [0.29, 0.717) is 12.2 Å². The van der Waals surface area contributed by atoms with Crippen molar-refractivity contribution in [3.05, 3.63) is 60.3 Å². The molecule has 0 saturated carbocycles. The third-order valence-electron chi connectivity index (χ3n) is 5.73. The molecule has 4 heteroatoms. The molecule has 0 fully saturated rings. The summed E-state index contributed by atoms with van der Waals surface area (Å²) in [4.78, 5) is 16.5. The molecule has 2 aromatic rings. The Bertz CT molecular complexity index is 812. The van der Waals surface area contributed by atoms with Gasteiger partial charge < -0.3 is 9.47 Å². The molecular weight excluding hydrogens is 422 g/mol. The molecule has 0 N–H and O–H groups in total. The second kappa shape index (κ2) is 17.9. The number of carbonyl (C=O) groups excluding carboxylic acids is 1. The fourth-order valence-corrected chi connectivity index (χ4v) is 3.72. The lowest BCUT2D eigenvalue weighted by Gasteiger charge is -2.07. The monoisotopic (exact) mass is 465 g/mol. The van der Waals surface area contributed by atoms with Gasteiger partial charge in [-0.25, -0.2) is 0 Å². The maximum Gasteiger partial charge on any atom is 0.311 e. The molecule has 34 heavy (non-hydrogen) atoms. The quantitative estimate of drug-likeness (QED) is 0.127. The van der Waals surface area contributed by atoms with Crippen LogP contribution < -0.4 is 4.74 Å². The normalized spacial score (nSPS) is 11.2. The number of nitrogens with zero attached hydrogens (tertiary/aromatic N) is 1. The van der Waals surface area contributed by atoms with E-state index in [1.165, 1.54) is 44.1 Å². The average Bonchev–Trinajstić information content (AvgIpc) is 2.86. The molecule has 0 saturated heterocycles. The number of benzene rings is 1. The number of ether oxygens (including phenoxy) is 2. The van der Waals surface area contributed by atoms with Gasteiger partial charge in [0.15, 0.2) is 0 Å². The van der Waals surface area contributed by atoms with Crippen LogP contribution in [0.4, 0.5) is 0 Å². The Balaban J connectivity index is 1.67. The van der Waals surface area contributed by atoms with Gasteiger partial charge in [-0.2, -0.15) is 0 Å². The number of rotatable bonds is 18. The maximum atomic E-state index is 12.1. The van der Waals surface area contributed by atoms with Crippen LogP contribution >= 0.6 is 0 Å². The molecule has 2 rings (SSSR count). The highest BCUT2D eigenvalue weighted by Gasteiger charge is 2.06. The summed E-state index contributed by atoms with van der Waals surface area (Å²) in [7, 11) is 0. The molecule has 1 aromatic carbocycles. The van der Waals surface area contributed by atoms with Crippen molar-refractivity contribution in [1.82, 2.24) is 4.98 Å². The lowest BCUT2D eigenvalue weighted by Crippen LogP contribution is -2.07. The summed E-state index contributed by atoms with van der Waals surface area (Å²) in [6.45, 7) is 6.10. The lowest BCUT2D eigenvalue weighted by atomic mass is 10.0. The summed E-state index contributed by atoms with van der Waals surface area (Å²) >= 11 is 0. The first-order chi connectivity index (χ1) is 16.7. The van der Waals surface area contributed by atoms with Crippen molar-refractivity contribution in [1.29, 1.82) is 0 Å². The Morgan fingerprint density at radius 1 is 0.824 bits per heavy atom. The minimum absolute atomic E-state index is 0.216. The number of unbranched alkanes of at least 4 members (excludes halogenated alkanes) is 6. The average molecular weight is 466 g/mol. The lowest BCUT2D eigenvalue weighted by molar-refractivity contribution is -0.134. The summed E-state index contributed by atoms with van der Waals surface area (Å²) < 4.78 is 11.0. The molecule has 0 aliphatic carbocycles. The first-order valence-corrected chi connectivity index (χ1v) is 13.2. The van der Waals surface area contributed by atoms with E-state index in [9.17, 15) is 4.79 Å². The fraction of sp³-hybridized carbons (Fsp3) is 0.533. The summed E-state index contributed by atoms with van der Waals surface area (Å²) in [5.41, 5.74) is 3.29. The van der Waals surface area contributed by atoms with E-state index in [0.717, 1.165) is 56.6 Å². The number of hydrogen-bond donors (Lipinski definition) is 0. The van der Waals surface area contributed by atoms with Gasteiger partial charge in [-0.05, 0) is 62.6 Å². The van der Waals surface area contributed by atoms with Crippen LogP contribution in [0.3, 0.4) is 0 Å². The Labute approximate surface area is 206 Å². The van der Waals surface area contributed by atoms with Crippen LogP contribution in [0.1, 0.15) is 90.0 Å². The predicted molar refractivity (Wildman–Crippen MR) is 141 cm³/mol. The summed E-state index contributed by atoms with van der Waals surface area (Å²) in [6.07, 6.45) is 18.8. The second-order valence-electron chi connectivity index (χ2n) is 8.83. The molecule has 0 aliphatic rings. The molecule has 4 nitrogen and oxygen atoms in total. The topological polar surface area (TPSA) is 48.4 Å². The van der Waals surface area contributed by atoms with Crippen molar-refractivity contribution >= 4 is 5.97 Å². The van der Waals surface area contributed by atoms with Crippen molar-refractivity contribution < 1.29 is 14.3 Å². The van der Waals surface area contributed by atoms with Gasteiger partial charge in [0.2, 0.25) is 0 Å². The molecule has 0 bridgehead atoms. The highest BCUT2D eigenvalue weighted by molar-refractivity contribution is 5.72. The maximum absolute atomic E-state index is 12.1. The van der Waals surface area contributed by atoms with Crippen molar-refractivity contribution in [3.63, 3.8) is 0 Å². The molecular formula is C30H43NO3. The Kier molecular flexibility index (Phi) is 14.7. The van der Waals surface area contributed by atoms with Crippen molar-refractivity contribution in [2.45, 2.75) is 90.9 Å². The summed E-state index contributed by atoms with van der Waals surface area (Å²) in [5, 5.41) is 0. The molecule has 0 atom stereocenters. The largest absolute Gasteiger partial charge is 0.425 e. The van der Waals surface area contributed by atoms with Gasteiger partial charge in [0.1, 0.15) is 5.75 Å². The smallest absolute Gasteiger partial charge is 0.311 e. The Hall–Kier alpha value is -2.46. The van der Waals surface area contributed by atoms with Crippen LogP contribution in [0.25, 0.3) is 11.3 Å².